The first kappa shape index (κ1) is 27.3. The standard InChI is InChI=1S/C28H31F6NO2/c1-2-15-36-23-12-14-26(35-17-23)20-5-3-18(4-6-20)19-7-9-21(10-8-19)28(33,34)37-22-11-13-24(25(29)16-22)27(30,31)32/h5,11-14,16-19,21H,2-4,6-10,15H2,1H3. The van der Waals surface area contributed by atoms with E-state index in [1.165, 1.54) is 5.57 Å². The molecule has 0 bridgehead atoms. The molecule has 0 N–H and O–H groups in total. The number of ether oxygens (including phenoxy) is 2. The SMILES string of the molecule is CCCOc1ccc(C2=CCC(C3CCC(C(F)(F)Oc4ccc(C(F)(F)F)c(F)c4)CC3)CC2)nc1. The topological polar surface area (TPSA) is 31.4 Å². The first-order chi connectivity index (χ1) is 17.6. The maximum atomic E-state index is 14.8. The fraction of sp³-hybridized carbons (Fsp3) is 0.536. The Kier molecular flexibility index (Phi) is 8.39. The van der Waals surface area contributed by atoms with Crippen molar-refractivity contribution in [2.75, 3.05) is 6.61 Å². The molecule has 1 unspecified atom stereocenters. The van der Waals surface area contributed by atoms with Gasteiger partial charge in [-0.3, -0.25) is 4.98 Å². The van der Waals surface area contributed by atoms with Crippen molar-refractivity contribution >= 4 is 5.57 Å². The number of halogens is 6. The van der Waals surface area contributed by atoms with Gasteiger partial charge in [0.25, 0.3) is 0 Å². The second-order valence-corrected chi connectivity index (χ2v) is 9.91. The van der Waals surface area contributed by atoms with Crippen LogP contribution in [0.3, 0.4) is 0 Å². The second kappa shape index (κ2) is 11.4. The van der Waals surface area contributed by atoms with Crippen molar-refractivity contribution in [2.24, 2.45) is 17.8 Å². The molecule has 9 heteroatoms. The molecule has 1 fully saturated rings. The van der Waals surface area contributed by atoms with Crippen LogP contribution in [0.5, 0.6) is 11.5 Å². The molecule has 1 saturated carbocycles. The van der Waals surface area contributed by atoms with Gasteiger partial charge in [-0.05, 0) is 93.0 Å². The molecule has 0 saturated heterocycles. The van der Waals surface area contributed by atoms with Crippen molar-refractivity contribution in [3.63, 3.8) is 0 Å². The van der Waals surface area contributed by atoms with E-state index in [-0.39, 0.29) is 12.8 Å². The highest BCUT2D eigenvalue weighted by atomic mass is 19.4. The molecule has 2 aliphatic rings. The van der Waals surface area contributed by atoms with Crippen LogP contribution in [0.4, 0.5) is 26.3 Å². The van der Waals surface area contributed by atoms with Gasteiger partial charge in [0.05, 0.1) is 30.0 Å². The van der Waals surface area contributed by atoms with Crippen LogP contribution in [0.25, 0.3) is 5.57 Å². The Hall–Kier alpha value is -2.71. The van der Waals surface area contributed by atoms with Crippen LogP contribution < -0.4 is 9.47 Å². The van der Waals surface area contributed by atoms with Gasteiger partial charge in [0.2, 0.25) is 0 Å². The van der Waals surface area contributed by atoms with Crippen molar-refractivity contribution in [1.82, 2.24) is 4.98 Å². The Morgan fingerprint density at radius 2 is 1.65 bits per heavy atom. The predicted octanol–water partition coefficient (Wildman–Crippen LogP) is 8.69. The number of hydrogen-bond acceptors (Lipinski definition) is 3. The number of allylic oxidation sites excluding steroid dienone is 2. The molecule has 37 heavy (non-hydrogen) atoms. The first-order valence-corrected chi connectivity index (χ1v) is 12.8. The molecule has 0 aliphatic heterocycles. The van der Waals surface area contributed by atoms with E-state index in [1.807, 2.05) is 19.1 Å². The summed E-state index contributed by atoms with van der Waals surface area (Å²) in [5.41, 5.74) is 0.611. The monoisotopic (exact) mass is 527 g/mol. The van der Waals surface area contributed by atoms with Crippen LogP contribution in [0.1, 0.15) is 69.5 Å². The van der Waals surface area contributed by atoms with E-state index in [9.17, 15) is 26.3 Å². The number of benzene rings is 1. The Labute approximate surface area is 212 Å². The van der Waals surface area contributed by atoms with E-state index < -0.39 is 35.3 Å². The molecule has 1 atom stereocenters. The number of nitrogens with zero attached hydrogens (tertiary/aromatic N) is 1. The summed E-state index contributed by atoms with van der Waals surface area (Å²) in [6.07, 6.45) is 0.841. The van der Waals surface area contributed by atoms with E-state index in [0.29, 0.717) is 43.4 Å². The van der Waals surface area contributed by atoms with Crippen LogP contribution in [0.15, 0.2) is 42.6 Å². The molecule has 0 spiro atoms. The van der Waals surface area contributed by atoms with Crippen molar-refractivity contribution in [3.8, 4) is 11.5 Å². The van der Waals surface area contributed by atoms with Crippen molar-refractivity contribution < 1.29 is 35.8 Å². The predicted molar refractivity (Wildman–Crippen MR) is 128 cm³/mol. The molecule has 2 aromatic rings. The van der Waals surface area contributed by atoms with E-state index in [0.717, 1.165) is 43.2 Å². The molecule has 4 rings (SSSR count). The van der Waals surface area contributed by atoms with E-state index in [4.69, 9.17) is 9.47 Å². The van der Waals surface area contributed by atoms with Crippen LogP contribution in [0, 0.1) is 23.6 Å². The quantitative estimate of drug-likeness (QED) is 0.322. The molecule has 0 amide bonds. The van der Waals surface area contributed by atoms with Gasteiger partial charge in [-0.2, -0.15) is 22.0 Å². The van der Waals surface area contributed by atoms with Gasteiger partial charge in [0.15, 0.2) is 0 Å². The molecule has 3 nitrogen and oxygen atoms in total. The molecule has 1 aromatic carbocycles. The lowest BCUT2D eigenvalue weighted by Gasteiger charge is -2.37. The smallest absolute Gasteiger partial charge is 0.419 e. The van der Waals surface area contributed by atoms with Crippen LogP contribution in [-0.2, 0) is 6.18 Å². The van der Waals surface area contributed by atoms with Gasteiger partial charge in [-0.15, -0.1) is 0 Å². The Balaban J connectivity index is 1.29. The highest BCUT2D eigenvalue weighted by molar-refractivity contribution is 5.63. The summed E-state index contributed by atoms with van der Waals surface area (Å²) >= 11 is 0. The van der Waals surface area contributed by atoms with Gasteiger partial charge in [0, 0.05) is 6.07 Å². The minimum absolute atomic E-state index is 0.245. The first-order valence-electron chi connectivity index (χ1n) is 12.8. The van der Waals surface area contributed by atoms with Crippen molar-refractivity contribution in [2.45, 2.75) is 70.6 Å². The Morgan fingerprint density at radius 3 is 2.22 bits per heavy atom. The number of pyridine rings is 1. The lowest BCUT2D eigenvalue weighted by molar-refractivity contribution is -0.224. The van der Waals surface area contributed by atoms with E-state index in [1.54, 1.807) is 6.20 Å². The largest absolute Gasteiger partial charge is 0.492 e. The molecular formula is C28H31F6NO2. The lowest BCUT2D eigenvalue weighted by atomic mass is 9.71. The average Bonchev–Trinajstić information content (AvgIpc) is 2.87. The highest BCUT2D eigenvalue weighted by Gasteiger charge is 2.45. The third kappa shape index (κ3) is 6.79. The highest BCUT2D eigenvalue weighted by Crippen LogP contribution is 2.45. The second-order valence-electron chi connectivity index (χ2n) is 9.91. The number of rotatable bonds is 8. The zero-order valence-electron chi connectivity index (χ0n) is 20.7. The Bertz CT molecular complexity index is 1080. The zero-order chi connectivity index (χ0) is 26.6. The third-order valence-corrected chi connectivity index (χ3v) is 7.40. The molecule has 1 heterocycles. The minimum atomic E-state index is -4.90. The Morgan fingerprint density at radius 1 is 0.919 bits per heavy atom. The average molecular weight is 528 g/mol. The fourth-order valence-corrected chi connectivity index (χ4v) is 5.35. The summed E-state index contributed by atoms with van der Waals surface area (Å²) in [5.74, 6) is -1.82. The summed E-state index contributed by atoms with van der Waals surface area (Å²) in [4.78, 5) is 4.52. The number of hydrogen-bond donors (Lipinski definition) is 0. The van der Waals surface area contributed by atoms with Gasteiger partial charge in [-0.1, -0.05) is 13.0 Å². The summed E-state index contributed by atoms with van der Waals surface area (Å²) in [5, 5.41) is 0. The third-order valence-electron chi connectivity index (χ3n) is 7.40. The molecule has 1 aromatic heterocycles. The molecular weight excluding hydrogens is 496 g/mol. The zero-order valence-corrected chi connectivity index (χ0v) is 20.7. The van der Waals surface area contributed by atoms with Crippen molar-refractivity contribution in [1.29, 1.82) is 0 Å². The van der Waals surface area contributed by atoms with Gasteiger partial charge in [-0.25, -0.2) is 4.39 Å². The van der Waals surface area contributed by atoms with E-state index >= 15 is 0 Å². The summed E-state index contributed by atoms with van der Waals surface area (Å²) in [7, 11) is 0. The number of alkyl halides is 5. The summed E-state index contributed by atoms with van der Waals surface area (Å²) < 4.78 is 91.7. The van der Waals surface area contributed by atoms with Crippen LogP contribution in [0.2, 0.25) is 0 Å². The lowest BCUT2D eigenvalue weighted by Crippen LogP contribution is -2.38. The fourth-order valence-electron chi connectivity index (χ4n) is 5.35. The van der Waals surface area contributed by atoms with Crippen LogP contribution >= 0.6 is 0 Å². The minimum Gasteiger partial charge on any atom is -0.492 e. The maximum Gasteiger partial charge on any atom is 0.419 e. The number of aromatic nitrogens is 1. The van der Waals surface area contributed by atoms with E-state index in [2.05, 4.69) is 11.1 Å². The van der Waals surface area contributed by atoms with Crippen LogP contribution in [-0.4, -0.2) is 17.7 Å². The summed E-state index contributed by atoms with van der Waals surface area (Å²) in [6, 6.07) is 5.42. The summed E-state index contributed by atoms with van der Waals surface area (Å²) in [6.45, 7) is 2.70. The van der Waals surface area contributed by atoms with Gasteiger partial charge in [0.1, 0.15) is 17.3 Å². The maximum absolute atomic E-state index is 14.8. The normalized spacial score (nSPS) is 22.9. The molecule has 202 valence electrons. The molecule has 0 radical (unpaired) electrons. The molecule has 2 aliphatic carbocycles. The van der Waals surface area contributed by atoms with Gasteiger partial charge < -0.3 is 9.47 Å². The van der Waals surface area contributed by atoms with Crippen molar-refractivity contribution in [3.05, 3.63) is 59.7 Å². The van der Waals surface area contributed by atoms with Gasteiger partial charge >= 0.3 is 12.3 Å².